The van der Waals surface area contributed by atoms with E-state index >= 15 is 0 Å². The number of hydrogen-bond donors (Lipinski definition) is 1. The van der Waals surface area contributed by atoms with Crippen LogP contribution in [0.5, 0.6) is 5.75 Å². The summed E-state index contributed by atoms with van der Waals surface area (Å²) in [4.78, 5) is 40.8. The number of carbonyl (C=O) groups excluding carboxylic acids is 3. The normalized spacial score (nSPS) is 15.2. The molecule has 37 heavy (non-hydrogen) atoms. The van der Waals surface area contributed by atoms with Crippen molar-refractivity contribution in [1.82, 2.24) is 14.5 Å². The number of ether oxygens (including phenoxy) is 1. The Labute approximate surface area is 218 Å². The third kappa shape index (κ3) is 6.49. The Morgan fingerprint density at radius 2 is 1.81 bits per heavy atom. The molecule has 0 aliphatic carbocycles. The Morgan fingerprint density at radius 1 is 1.11 bits per heavy atom. The molecule has 0 saturated heterocycles. The quantitative estimate of drug-likeness (QED) is 0.505. The van der Waals surface area contributed by atoms with Crippen molar-refractivity contribution >= 4 is 27.7 Å². The summed E-state index contributed by atoms with van der Waals surface area (Å²) in [6.45, 7) is 7.51. The summed E-state index contributed by atoms with van der Waals surface area (Å²) in [5, 5.41) is 2.95. The van der Waals surface area contributed by atoms with E-state index in [1.807, 2.05) is 39.8 Å². The molecule has 1 heterocycles. The van der Waals surface area contributed by atoms with Crippen LogP contribution in [-0.2, 0) is 26.2 Å². The van der Waals surface area contributed by atoms with E-state index in [4.69, 9.17) is 4.74 Å². The topological polar surface area (TPSA) is 113 Å². The van der Waals surface area contributed by atoms with Gasteiger partial charge in [-0.2, -0.15) is 0 Å². The van der Waals surface area contributed by atoms with Crippen LogP contribution in [0.2, 0.25) is 0 Å². The highest BCUT2D eigenvalue weighted by molar-refractivity contribution is 7.90. The highest BCUT2D eigenvalue weighted by atomic mass is 32.2. The maximum atomic E-state index is 13.5. The summed E-state index contributed by atoms with van der Waals surface area (Å²) >= 11 is 0. The van der Waals surface area contributed by atoms with Gasteiger partial charge < -0.3 is 15.0 Å². The zero-order chi connectivity index (χ0) is 27.4. The molecule has 200 valence electrons. The van der Waals surface area contributed by atoms with Crippen LogP contribution in [0.4, 0.5) is 0 Å². The van der Waals surface area contributed by atoms with Crippen LogP contribution in [0.15, 0.2) is 53.4 Å². The standard InChI is InChI=1S/C27H35N3O6S/c1-6-22(25(32)28-27(2,3)4)29(18-19-11-9-12-20(17-19)36-5)24(31)15-10-16-30-26(33)21-13-7-8-14-23(21)37(30,34)35/h7-9,11-14,17,22H,6,10,15-16,18H2,1-5H3,(H,28,32). The van der Waals surface area contributed by atoms with Crippen LogP contribution in [0.1, 0.15) is 62.9 Å². The first-order chi connectivity index (χ1) is 17.4. The molecule has 0 saturated carbocycles. The second kappa shape index (κ2) is 11.3. The van der Waals surface area contributed by atoms with Crippen LogP contribution in [0.3, 0.4) is 0 Å². The monoisotopic (exact) mass is 529 g/mol. The average molecular weight is 530 g/mol. The summed E-state index contributed by atoms with van der Waals surface area (Å²) in [6, 6.07) is 12.6. The Balaban J connectivity index is 1.78. The number of methoxy groups -OCH3 is 1. The summed E-state index contributed by atoms with van der Waals surface area (Å²) in [7, 11) is -2.39. The summed E-state index contributed by atoms with van der Waals surface area (Å²) in [5.41, 5.74) is 0.454. The molecule has 0 fully saturated rings. The molecule has 2 aromatic carbocycles. The predicted octanol–water partition coefficient (Wildman–Crippen LogP) is 3.34. The van der Waals surface area contributed by atoms with Gasteiger partial charge in [-0.15, -0.1) is 0 Å². The number of hydrogen-bond acceptors (Lipinski definition) is 6. The second-order valence-electron chi connectivity index (χ2n) is 10.0. The van der Waals surface area contributed by atoms with Crippen LogP contribution >= 0.6 is 0 Å². The first-order valence-electron chi connectivity index (χ1n) is 12.3. The number of rotatable bonds is 10. The SMILES string of the molecule is CCC(C(=O)NC(C)(C)C)N(Cc1cccc(OC)c1)C(=O)CCCN1C(=O)c2ccccc2S1(=O)=O. The smallest absolute Gasteiger partial charge is 0.269 e. The lowest BCUT2D eigenvalue weighted by Crippen LogP contribution is -2.53. The van der Waals surface area contributed by atoms with E-state index in [1.165, 1.54) is 17.0 Å². The third-order valence-electron chi connectivity index (χ3n) is 6.04. The largest absolute Gasteiger partial charge is 0.497 e. The van der Waals surface area contributed by atoms with E-state index in [9.17, 15) is 22.8 Å². The zero-order valence-electron chi connectivity index (χ0n) is 22.0. The van der Waals surface area contributed by atoms with Crippen molar-refractivity contribution in [2.45, 2.75) is 70.0 Å². The van der Waals surface area contributed by atoms with Gasteiger partial charge >= 0.3 is 0 Å². The number of amides is 3. The van der Waals surface area contributed by atoms with Gasteiger partial charge in [-0.05, 0) is 63.4 Å². The molecule has 1 aliphatic heterocycles. The van der Waals surface area contributed by atoms with Crippen molar-refractivity contribution in [2.24, 2.45) is 0 Å². The molecule has 0 radical (unpaired) electrons. The lowest BCUT2D eigenvalue weighted by Gasteiger charge is -2.33. The molecule has 0 aromatic heterocycles. The van der Waals surface area contributed by atoms with Gasteiger partial charge in [0.15, 0.2) is 0 Å². The van der Waals surface area contributed by atoms with Gasteiger partial charge in [0.05, 0.1) is 12.7 Å². The highest BCUT2D eigenvalue weighted by Crippen LogP contribution is 2.30. The Morgan fingerprint density at radius 3 is 2.43 bits per heavy atom. The van der Waals surface area contributed by atoms with E-state index in [-0.39, 0.29) is 48.2 Å². The van der Waals surface area contributed by atoms with Crippen molar-refractivity contribution in [3.05, 3.63) is 59.7 Å². The number of sulfonamides is 1. The van der Waals surface area contributed by atoms with Crippen molar-refractivity contribution in [3.8, 4) is 5.75 Å². The van der Waals surface area contributed by atoms with Crippen LogP contribution in [0.25, 0.3) is 0 Å². The maximum absolute atomic E-state index is 13.5. The number of carbonyl (C=O) groups is 3. The molecule has 3 amide bonds. The summed E-state index contributed by atoms with van der Waals surface area (Å²) in [6.07, 6.45) is 0.495. The summed E-state index contributed by atoms with van der Waals surface area (Å²) in [5.74, 6) is -0.527. The molecular weight excluding hydrogens is 494 g/mol. The molecule has 2 aromatic rings. The number of fused-ring (bicyclic) bond motifs is 1. The maximum Gasteiger partial charge on any atom is 0.269 e. The molecular formula is C27H35N3O6S. The van der Waals surface area contributed by atoms with Crippen molar-refractivity contribution in [1.29, 1.82) is 0 Å². The van der Waals surface area contributed by atoms with Gasteiger partial charge in [-0.25, -0.2) is 12.7 Å². The van der Waals surface area contributed by atoms with E-state index in [1.54, 1.807) is 31.4 Å². The number of nitrogens with zero attached hydrogens (tertiary/aromatic N) is 2. The average Bonchev–Trinajstić information content (AvgIpc) is 3.03. The highest BCUT2D eigenvalue weighted by Gasteiger charge is 2.40. The fourth-order valence-corrected chi connectivity index (χ4v) is 5.92. The fraction of sp³-hybridized carbons (Fsp3) is 0.444. The predicted molar refractivity (Wildman–Crippen MR) is 139 cm³/mol. The lowest BCUT2D eigenvalue weighted by molar-refractivity contribution is -0.142. The molecule has 9 nitrogen and oxygen atoms in total. The van der Waals surface area contributed by atoms with Gasteiger partial charge in [0, 0.05) is 25.0 Å². The Hall–Kier alpha value is -3.40. The Bertz CT molecular complexity index is 1270. The van der Waals surface area contributed by atoms with E-state index in [2.05, 4.69) is 5.32 Å². The fourth-order valence-electron chi connectivity index (χ4n) is 4.31. The first kappa shape index (κ1) is 28.2. The molecule has 10 heteroatoms. The van der Waals surface area contributed by atoms with Gasteiger partial charge in [0.2, 0.25) is 11.8 Å². The van der Waals surface area contributed by atoms with Crippen LogP contribution in [-0.4, -0.2) is 60.6 Å². The molecule has 1 atom stereocenters. The molecule has 1 aliphatic rings. The third-order valence-corrected chi connectivity index (χ3v) is 7.88. The molecule has 0 bridgehead atoms. The van der Waals surface area contributed by atoms with E-state index in [0.717, 1.165) is 9.87 Å². The van der Waals surface area contributed by atoms with Crippen molar-refractivity contribution < 1.29 is 27.5 Å². The molecule has 1 N–H and O–H groups in total. The molecule has 3 rings (SSSR count). The van der Waals surface area contributed by atoms with E-state index < -0.39 is 27.5 Å². The zero-order valence-corrected chi connectivity index (χ0v) is 22.8. The number of nitrogens with one attached hydrogen (secondary N) is 1. The first-order valence-corrected chi connectivity index (χ1v) is 13.7. The minimum Gasteiger partial charge on any atom is -0.497 e. The van der Waals surface area contributed by atoms with Crippen LogP contribution < -0.4 is 10.1 Å². The number of benzene rings is 2. The van der Waals surface area contributed by atoms with Gasteiger partial charge in [0.1, 0.15) is 16.7 Å². The lowest BCUT2D eigenvalue weighted by atomic mass is 10.0. The van der Waals surface area contributed by atoms with Gasteiger partial charge in [0.25, 0.3) is 15.9 Å². The van der Waals surface area contributed by atoms with Gasteiger partial charge in [-0.3, -0.25) is 14.4 Å². The van der Waals surface area contributed by atoms with Gasteiger partial charge in [-0.1, -0.05) is 31.2 Å². The minimum absolute atomic E-state index is 0.0177. The van der Waals surface area contributed by atoms with E-state index in [0.29, 0.717) is 12.2 Å². The van der Waals surface area contributed by atoms with Crippen molar-refractivity contribution in [3.63, 3.8) is 0 Å². The van der Waals surface area contributed by atoms with Crippen molar-refractivity contribution in [2.75, 3.05) is 13.7 Å². The molecule has 0 spiro atoms. The minimum atomic E-state index is -3.94. The second-order valence-corrected chi connectivity index (χ2v) is 11.8. The Kier molecular flexibility index (Phi) is 8.63. The molecule has 1 unspecified atom stereocenters. The van der Waals surface area contributed by atoms with Crippen LogP contribution in [0, 0.1) is 0 Å². The summed E-state index contributed by atoms with van der Waals surface area (Å²) < 4.78 is 31.8.